The number of carbonyl (C=O) groups is 1. The van der Waals surface area contributed by atoms with E-state index < -0.39 is 0 Å². The second-order valence-electron chi connectivity index (χ2n) is 5.46. The van der Waals surface area contributed by atoms with Crippen LogP contribution in [-0.2, 0) is 0 Å². The Kier molecular flexibility index (Phi) is 4.77. The number of nitrogens with zero attached hydrogens (tertiary/aromatic N) is 2. The van der Waals surface area contributed by atoms with Crippen molar-refractivity contribution in [2.24, 2.45) is 0 Å². The standard InChI is InChI=1S/C15H23N3O/c1-18(2)14-10-9-12(11-16-14)15(19)17-13-7-5-3-4-6-8-13/h9-11,13H,3-8H2,1-2H3,(H,17,19). The molecule has 19 heavy (non-hydrogen) atoms. The van der Waals surface area contributed by atoms with Crippen LogP contribution in [0.15, 0.2) is 18.3 Å². The van der Waals surface area contributed by atoms with Crippen molar-refractivity contribution in [3.05, 3.63) is 23.9 Å². The molecule has 104 valence electrons. The highest BCUT2D eigenvalue weighted by Gasteiger charge is 2.15. The van der Waals surface area contributed by atoms with E-state index in [2.05, 4.69) is 10.3 Å². The van der Waals surface area contributed by atoms with Gasteiger partial charge in [-0.3, -0.25) is 4.79 Å². The lowest BCUT2D eigenvalue weighted by molar-refractivity contribution is 0.0933. The summed E-state index contributed by atoms with van der Waals surface area (Å²) in [5.74, 6) is 0.871. The van der Waals surface area contributed by atoms with Crippen molar-refractivity contribution in [2.75, 3.05) is 19.0 Å². The zero-order chi connectivity index (χ0) is 13.7. The molecular weight excluding hydrogens is 238 g/mol. The lowest BCUT2D eigenvalue weighted by atomic mass is 10.1. The van der Waals surface area contributed by atoms with E-state index >= 15 is 0 Å². The molecule has 1 aromatic heterocycles. The molecule has 0 radical (unpaired) electrons. The Bertz CT molecular complexity index is 406. The quantitative estimate of drug-likeness (QED) is 0.851. The molecule has 0 aromatic carbocycles. The summed E-state index contributed by atoms with van der Waals surface area (Å²) in [5.41, 5.74) is 0.648. The zero-order valence-corrected chi connectivity index (χ0v) is 11.9. The molecule has 0 bridgehead atoms. The number of hydrogen-bond acceptors (Lipinski definition) is 3. The maximum Gasteiger partial charge on any atom is 0.253 e. The van der Waals surface area contributed by atoms with Crippen LogP contribution in [0.25, 0.3) is 0 Å². The summed E-state index contributed by atoms with van der Waals surface area (Å²) in [6.45, 7) is 0. The van der Waals surface area contributed by atoms with Crippen molar-refractivity contribution in [3.8, 4) is 0 Å². The van der Waals surface area contributed by atoms with Crippen LogP contribution in [0.1, 0.15) is 48.9 Å². The minimum absolute atomic E-state index is 0.00436. The fourth-order valence-electron chi connectivity index (χ4n) is 2.48. The summed E-state index contributed by atoms with van der Waals surface area (Å²) in [4.78, 5) is 18.3. The first-order chi connectivity index (χ1) is 9.16. The third kappa shape index (κ3) is 3.94. The smallest absolute Gasteiger partial charge is 0.253 e. The van der Waals surface area contributed by atoms with Gasteiger partial charge in [0.15, 0.2) is 0 Å². The number of amides is 1. The fourth-order valence-corrected chi connectivity index (χ4v) is 2.48. The normalized spacial score (nSPS) is 16.7. The average Bonchev–Trinajstić information content (AvgIpc) is 2.67. The summed E-state index contributed by atoms with van der Waals surface area (Å²) in [5, 5.41) is 3.13. The fraction of sp³-hybridized carbons (Fsp3) is 0.600. The summed E-state index contributed by atoms with van der Waals surface area (Å²) in [7, 11) is 3.88. The molecule has 0 atom stereocenters. The molecule has 1 amide bonds. The van der Waals surface area contributed by atoms with Crippen LogP contribution in [0.5, 0.6) is 0 Å². The van der Waals surface area contributed by atoms with Crippen molar-refractivity contribution < 1.29 is 4.79 Å². The van der Waals surface area contributed by atoms with Crippen molar-refractivity contribution >= 4 is 11.7 Å². The molecule has 2 rings (SSSR count). The van der Waals surface area contributed by atoms with Crippen molar-refractivity contribution in [2.45, 2.75) is 44.6 Å². The second-order valence-corrected chi connectivity index (χ2v) is 5.46. The largest absolute Gasteiger partial charge is 0.363 e. The van der Waals surface area contributed by atoms with Gasteiger partial charge in [0.05, 0.1) is 5.56 Å². The number of nitrogens with one attached hydrogen (secondary N) is 1. The first-order valence-corrected chi connectivity index (χ1v) is 7.11. The Morgan fingerprint density at radius 1 is 1.21 bits per heavy atom. The van der Waals surface area contributed by atoms with Gasteiger partial charge >= 0.3 is 0 Å². The Balaban J connectivity index is 1.95. The van der Waals surface area contributed by atoms with E-state index in [0.717, 1.165) is 18.7 Å². The molecule has 1 saturated carbocycles. The van der Waals surface area contributed by atoms with Gasteiger partial charge in [0, 0.05) is 26.3 Å². The number of hydrogen-bond donors (Lipinski definition) is 1. The average molecular weight is 261 g/mol. The van der Waals surface area contributed by atoms with Crippen LogP contribution >= 0.6 is 0 Å². The Morgan fingerprint density at radius 2 is 1.89 bits per heavy atom. The third-order valence-electron chi connectivity index (χ3n) is 3.66. The lowest BCUT2D eigenvalue weighted by Gasteiger charge is -2.16. The van der Waals surface area contributed by atoms with Crippen LogP contribution in [0.3, 0.4) is 0 Å². The SMILES string of the molecule is CN(C)c1ccc(C(=O)NC2CCCCCC2)cn1. The van der Waals surface area contributed by atoms with E-state index in [1.807, 2.05) is 31.1 Å². The van der Waals surface area contributed by atoms with Gasteiger partial charge in [0.2, 0.25) is 0 Å². The third-order valence-corrected chi connectivity index (χ3v) is 3.66. The molecule has 1 heterocycles. The van der Waals surface area contributed by atoms with Gasteiger partial charge < -0.3 is 10.2 Å². The molecule has 1 aliphatic rings. The predicted molar refractivity (Wildman–Crippen MR) is 77.5 cm³/mol. The van der Waals surface area contributed by atoms with E-state index in [0.29, 0.717) is 11.6 Å². The maximum absolute atomic E-state index is 12.1. The van der Waals surface area contributed by atoms with E-state index in [1.165, 1.54) is 25.7 Å². The topological polar surface area (TPSA) is 45.2 Å². The molecule has 0 spiro atoms. The van der Waals surface area contributed by atoms with Gasteiger partial charge in [-0.1, -0.05) is 25.7 Å². The summed E-state index contributed by atoms with van der Waals surface area (Å²) >= 11 is 0. The zero-order valence-electron chi connectivity index (χ0n) is 11.9. The molecular formula is C15H23N3O. The molecule has 1 aromatic rings. The Hall–Kier alpha value is -1.58. The Labute approximate surface area is 115 Å². The van der Waals surface area contributed by atoms with Crippen LogP contribution in [0.4, 0.5) is 5.82 Å². The molecule has 4 nitrogen and oxygen atoms in total. The molecule has 1 fully saturated rings. The molecule has 4 heteroatoms. The van der Waals surface area contributed by atoms with Crippen molar-refractivity contribution in [1.29, 1.82) is 0 Å². The second kappa shape index (κ2) is 6.55. The highest BCUT2D eigenvalue weighted by Crippen LogP contribution is 2.17. The van der Waals surface area contributed by atoms with Gasteiger partial charge in [0.25, 0.3) is 5.91 Å². The number of aromatic nitrogens is 1. The van der Waals surface area contributed by atoms with E-state index in [1.54, 1.807) is 6.20 Å². The van der Waals surface area contributed by atoms with E-state index in [-0.39, 0.29) is 5.91 Å². The molecule has 0 unspecified atom stereocenters. The molecule has 0 aliphatic heterocycles. The number of carbonyl (C=O) groups excluding carboxylic acids is 1. The van der Waals surface area contributed by atoms with Gasteiger partial charge in [-0.15, -0.1) is 0 Å². The lowest BCUT2D eigenvalue weighted by Crippen LogP contribution is -2.34. The van der Waals surface area contributed by atoms with Gasteiger partial charge in [-0.2, -0.15) is 0 Å². The van der Waals surface area contributed by atoms with E-state index in [9.17, 15) is 4.79 Å². The first-order valence-electron chi connectivity index (χ1n) is 7.11. The number of rotatable bonds is 3. The number of anilines is 1. The van der Waals surface area contributed by atoms with Crippen LogP contribution in [-0.4, -0.2) is 31.0 Å². The van der Waals surface area contributed by atoms with Gasteiger partial charge in [0.1, 0.15) is 5.82 Å². The van der Waals surface area contributed by atoms with Crippen molar-refractivity contribution in [3.63, 3.8) is 0 Å². The van der Waals surface area contributed by atoms with Gasteiger partial charge in [-0.25, -0.2) is 4.98 Å². The minimum Gasteiger partial charge on any atom is -0.363 e. The molecule has 1 N–H and O–H groups in total. The highest BCUT2D eigenvalue weighted by atomic mass is 16.1. The molecule has 1 aliphatic carbocycles. The summed E-state index contributed by atoms with van der Waals surface area (Å²) < 4.78 is 0. The van der Waals surface area contributed by atoms with Gasteiger partial charge in [-0.05, 0) is 25.0 Å². The maximum atomic E-state index is 12.1. The minimum atomic E-state index is 0.00436. The monoisotopic (exact) mass is 261 g/mol. The molecule has 0 saturated heterocycles. The van der Waals surface area contributed by atoms with Crippen molar-refractivity contribution in [1.82, 2.24) is 10.3 Å². The highest BCUT2D eigenvalue weighted by molar-refractivity contribution is 5.94. The predicted octanol–water partition coefficient (Wildman–Crippen LogP) is 2.60. The van der Waals surface area contributed by atoms with Crippen LogP contribution < -0.4 is 10.2 Å². The number of pyridine rings is 1. The summed E-state index contributed by atoms with van der Waals surface area (Å²) in [6.07, 6.45) is 8.91. The van der Waals surface area contributed by atoms with Crippen LogP contribution in [0.2, 0.25) is 0 Å². The summed E-state index contributed by atoms with van der Waals surface area (Å²) in [6, 6.07) is 4.06. The first kappa shape index (κ1) is 13.8. The van der Waals surface area contributed by atoms with Crippen LogP contribution in [0, 0.1) is 0 Å². The van der Waals surface area contributed by atoms with E-state index in [4.69, 9.17) is 0 Å². The Morgan fingerprint density at radius 3 is 2.42 bits per heavy atom.